The van der Waals surface area contributed by atoms with Crippen molar-refractivity contribution >= 4 is 18.1 Å². The number of phenols is 1. The van der Waals surface area contributed by atoms with Crippen LogP contribution in [0.1, 0.15) is 25.1 Å². The van der Waals surface area contributed by atoms with E-state index >= 15 is 0 Å². The molecule has 0 radical (unpaired) electrons. The summed E-state index contributed by atoms with van der Waals surface area (Å²) >= 11 is 0. The molecule has 6 heteroatoms. The summed E-state index contributed by atoms with van der Waals surface area (Å²) < 4.78 is 7.09. The first-order valence-corrected chi connectivity index (χ1v) is 7.13. The number of halogens is 1. The number of benzene rings is 1. The SMILES string of the molecule is COc1cc(CNc2cn(CC(C)C)nc2C)ccc1O.Cl. The van der Waals surface area contributed by atoms with E-state index in [4.69, 9.17) is 4.74 Å². The molecule has 0 unspecified atom stereocenters. The molecule has 0 saturated heterocycles. The number of aryl methyl sites for hydroxylation is 1. The van der Waals surface area contributed by atoms with Crippen LogP contribution in [0, 0.1) is 12.8 Å². The van der Waals surface area contributed by atoms with E-state index in [1.165, 1.54) is 0 Å². The van der Waals surface area contributed by atoms with Gasteiger partial charge in [0, 0.05) is 19.3 Å². The number of aromatic hydroxyl groups is 1. The minimum atomic E-state index is 0. The van der Waals surface area contributed by atoms with Crippen molar-refractivity contribution in [3.05, 3.63) is 35.7 Å². The third-order valence-corrected chi connectivity index (χ3v) is 3.23. The van der Waals surface area contributed by atoms with E-state index in [2.05, 4.69) is 24.3 Å². The molecule has 1 aromatic carbocycles. The summed E-state index contributed by atoms with van der Waals surface area (Å²) in [5.41, 5.74) is 3.06. The molecule has 1 heterocycles. The maximum absolute atomic E-state index is 9.59. The summed E-state index contributed by atoms with van der Waals surface area (Å²) in [6, 6.07) is 5.35. The number of phenolic OH excluding ortho intramolecular Hbond substituents is 1. The fraction of sp³-hybridized carbons (Fsp3) is 0.438. The summed E-state index contributed by atoms with van der Waals surface area (Å²) in [5, 5.41) is 17.5. The van der Waals surface area contributed by atoms with E-state index in [0.29, 0.717) is 18.2 Å². The van der Waals surface area contributed by atoms with Gasteiger partial charge in [-0.25, -0.2) is 0 Å². The molecule has 2 N–H and O–H groups in total. The molecule has 0 saturated carbocycles. The Morgan fingerprint density at radius 2 is 2.09 bits per heavy atom. The highest BCUT2D eigenvalue weighted by molar-refractivity contribution is 5.85. The van der Waals surface area contributed by atoms with Crippen molar-refractivity contribution in [2.45, 2.75) is 33.9 Å². The summed E-state index contributed by atoms with van der Waals surface area (Å²) in [7, 11) is 1.55. The van der Waals surface area contributed by atoms with Crippen LogP contribution in [0.4, 0.5) is 5.69 Å². The number of anilines is 1. The van der Waals surface area contributed by atoms with Gasteiger partial charge < -0.3 is 15.2 Å². The Labute approximate surface area is 137 Å². The van der Waals surface area contributed by atoms with Gasteiger partial charge in [0.15, 0.2) is 11.5 Å². The average Bonchev–Trinajstić information content (AvgIpc) is 2.77. The van der Waals surface area contributed by atoms with Crippen LogP contribution in [0.15, 0.2) is 24.4 Å². The Morgan fingerprint density at radius 3 is 2.73 bits per heavy atom. The van der Waals surface area contributed by atoms with Crippen LogP contribution >= 0.6 is 12.4 Å². The lowest BCUT2D eigenvalue weighted by Crippen LogP contribution is -2.04. The number of rotatable bonds is 6. The fourth-order valence-electron chi connectivity index (χ4n) is 2.19. The van der Waals surface area contributed by atoms with E-state index in [1.807, 2.05) is 29.9 Å². The molecule has 2 aromatic rings. The Hall–Kier alpha value is -1.88. The summed E-state index contributed by atoms with van der Waals surface area (Å²) in [5.74, 6) is 1.21. The van der Waals surface area contributed by atoms with Crippen molar-refractivity contribution in [2.75, 3.05) is 12.4 Å². The van der Waals surface area contributed by atoms with Gasteiger partial charge >= 0.3 is 0 Å². The van der Waals surface area contributed by atoms with Gasteiger partial charge in [0.1, 0.15) is 0 Å². The van der Waals surface area contributed by atoms with Gasteiger partial charge in [-0.1, -0.05) is 19.9 Å². The molecule has 2 rings (SSSR count). The van der Waals surface area contributed by atoms with Crippen molar-refractivity contribution in [3.63, 3.8) is 0 Å². The van der Waals surface area contributed by atoms with E-state index in [-0.39, 0.29) is 18.2 Å². The molecule has 1 aromatic heterocycles. The van der Waals surface area contributed by atoms with Crippen molar-refractivity contribution in [3.8, 4) is 11.5 Å². The number of hydrogen-bond donors (Lipinski definition) is 2. The number of hydrogen-bond acceptors (Lipinski definition) is 4. The lowest BCUT2D eigenvalue weighted by molar-refractivity contribution is 0.373. The van der Waals surface area contributed by atoms with Crippen LogP contribution in [-0.4, -0.2) is 22.0 Å². The molecule has 0 aliphatic carbocycles. The quantitative estimate of drug-likeness (QED) is 0.852. The molecular weight excluding hydrogens is 302 g/mol. The lowest BCUT2D eigenvalue weighted by Gasteiger charge is -2.08. The van der Waals surface area contributed by atoms with Crippen molar-refractivity contribution in [1.82, 2.24) is 9.78 Å². The molecule has 0 amide bonds. The zero-order chi connectivity index (χ0) is 15.4. The van der Waals surface area contributed by atoms with E-state index in [9.17, 15) is 5.11 Å². The molecule has 0 fully saturated rings. The molecule has 0 aliphatic rings. The third-order valence-electron chi connectivity index (χ3n) is 3.23. The average molecular weight is 326 g/mol. The van der Waals surface area contributed by atoms with Crippen LogP contribution in [0.3, 0.4) is 0 Å². The molecule has 22 heavy (non-hydrogen) atoms. The highest BCUT2D eigenvalue weighted by Crippen LogP contribution is 2.26. The zero-order valence-electron chi connectivity index (χ0n) is 13.5. The van der Waals surface area contributed by atoms with Crippen LogP contribution < -0.4 is 10.1 Å². The number of nitrogens with one attached hydrogen (secondary N) is 1. The van der Waals surface area contributed by atoms with Crippen molar-refractivity contribution in [1.29, 1.82) is 0 Å². The Morgan fingerprint density at radius 1 is 1.36 bits per heavy atom. The third kappa shape index (κ3) is 4.56. The summed E-state index contributed by atoms with van der Waals surface area (Å²) in [4.78, 5) is 0. The standard InChI is InChI=1S/C16H23N3O2.ClH/c1-11(2)9-19-10-14(12(3)18-19)17-8-13-5-6-15(20)16(7-13)21-4;/h5-7,10-11,17,20H,8-9H2,1-4H3;1H. The normalized spacial score (nSPS) is 10.4. The number of methoxy groups -OCH3 is 1. The molecule has 0 atom stereocenters. The van der Waals surface area contributed by atoms with Crippen LogP contribution in [-0.2, 0) is 13.1 Å². The Bertz CT molecular complexity index is 611. The molecule has 0 spiro atoms. The minimum Gasteiger partial charge on any atom is -0.504 e. The van der Waals surface area contributed by atoms with Crippen molar-refractivity contribution < 1.29 is 9.84 Å². The van der Waals surface area contributed by atoms with Gasteiger partial charge in [-0.15, -0.1) is 12.4 Å². The van der Waals surface area contributed by atoms with E-state index in [1.54, 1.807) is 13.2 Å². The first-order chi connectivity index (χ1) is 9.99. The van der Waals surface area contributed by atoms with Gasteiger partial charge in [0.25, 0.3) is 0 Å². The van der Waals surface area contributed by atoms with Crippen LogP contribution in [0.25, 0.3) is 0 Å². The second kappa shape index (κ2) is 7.94. The summed E-state index contributed by atoms with van der Waals surface area (Å²) in [6.07, 6.45) is 2.03. The number of ether oxygens (including phenoxy) is 1. The van der Waals surface area contributed by atoms with E-state index < -0.39 is 0 Å². The highest BCUT2D eigenvalue weighted by atomic mass is 35.5. The predicted molar refractivity (Wildman–Crippen MR) is 91.0 cm³/mol. The van der Waals surface area contributed by atoms with E-state index in [0.717, 1.165) is 23.5 Å². The first kappa shape index (κ1) is 18.2. The van der Waals surface area contributed by atoms with Gasteiger partial charge in [-0.2, -0.15) is 5.10 Å². The maximum Gasteiger partial charge on any atom is 0.160 e. The molecule has 122 valence electrons. The van der Waals surface area contributed by atoms with Crippen LogP contribution in [0.2, 0.25) is 0 Å². The van der Waals surface area contributed by atoms with Gasteiger partial charge in [-0.05, 0) is 30.5 Å². The molecule has 0 aliphatic heterocycles. The smallest absolute Gasteiger partial charge is 0.160 e. The monoisotopic (exact) mass is 325 g/mol. The predicted octanol–water partition coefficient (Wildman–Crippen LogP) is 3.60. The fourth-order valence-corrected chi connectivity index (χ4v) is 2.19. The second-order valence-corrected chi connectivity index (χ2v) is 5.60. The van der Waals surface area contributed by atoms with Gasteiger partial charge in [0.05, 0.1) is 18.5 Å². The second-order valence-electron chi connectivity index (χ2n) is 5.60. The van der Waals surface area contributed by atoms with Crippen LogP contribution in [0.5, 0.6) is 11.5 Å². The largest absolute Gasteiger partial charge is 0.504 e. The number of aromatic nitrogens is 2. The maximum atomic E-state index is 9.59. The topological polar surface area (TPSA) is 59.3 Å². The first-order valence-electron chi connectivity index (χ1n) is 7.13. The molecule has 0 bridgehead atoms. The highest BCUT2D eigenvalue weighted by Gasteiger charge is 2.07. The van der Waals surface area contributed by atoms with Gasteiger partial charge in [0.2, 0.25) is 0 Å². The Balaban J connectivity index is 0.00000242. The van der Waals surface area contributed by atoms with Crippen molar-refractivity contribution in [2.24, 2.45) is 5.92 Å². The molecule has 5 nitrogen and oxygen atoms in total. The zero-order valence-corrected chi connectivity index (χ0v) is 14.3. The number of nitrogens with zero attached hydrogens (tertiary/aromatic N) is 2. The molecular formula is C16H24ClN3O2. The van der Waals surface area contributed by atoms with Gasteiger partial charge in [-0.3, -0.25) is 4.68 Å². The summed E-state index contributed by atoms with van der Waals surface area (Å²) in [6.45, 7) is 7.91. The Kier molecular flexibility index (Phi) is 6.56. The minimum absolute atomic E-state index is 0. The lowest BCUT2D eigenvalue weighted by atomic mass is 10.2.